The first kappa shape index (κ1) is 21.0. The van der Waals surface area contributed by atoms with Gasteiger partial charge in [-0.1, -0.05) is 24.3 Å². The molecule has 1 aliphatic heterocycles. The van der Waals surface area contributed by atoms with Crippen molar-refractivity contribution in [2.24, 2.45) is 0 Å². The van der Waals surface area contributed by atoms with Crippen LogP contribution in [0.4, 0.5) is 0 Å². The lowest BCUT2D eigenvalue weighted by molar-refractivity contribution is 0.0596. The van der Waals surface area contributed by atoms with Crippen molar-refractivity contribution in [3.63, 3.8) is 0 Å². The van der Waals surface area contributed by atoms with Gasteiger partial charge >= 0.3 is 5.97 Å². The van der Waals surface area contributed by atoms with E-state index in [2.05, 4.69) is 0 Å². The number of phenols is 1. The molecule has 0 unspecified atom stereocenters. The van der Waals surface area contributed by atoms with Crippen LogP contribution in [0.5, 0.6) is 17.2 Å². The first-order valence-electron chi connectivity index (χ1n) is 9.94. The maximum atomic E-state index is 12.2. The molecule has 0 saturated heterocycles. The molecule has 4 rings (SSSR count). The molecule has 31 heavy (non-hydrogen) atoms. The average Bonchev–Trinajstić information content (AvgIpc) is 2.79. The molecular weight excluding hydrogens is 398 g/mol. The Morgan fingerprint density at radius 3 is 2.52 bits per heavy atom. The molecule has 1 atom stereocenters. The number of rotatable bonds is 5. The minimum absolute atomic E-state index is 0.108. The van der Waals surface area contributed by atoms with E-state index in [0.717, 1.165) is 21.9 Å². The number of hydrogen-bond acceptors (Lipinski definition) is 7. The Labute approximate surface area is 180 Å². The minimum atomic E-state index is -0.786. The van der Waals surface area contributed by atoms with E-state index < -0.39 is 12.1 Å². The van der Waals surface area contributed by atoms with Crippen LogP contribution < -0.4 is 9.47 Å². The standard InChI is InChI=1S/C24H25NO6/c1-29-20-8-9-21(30-2)22-18(20)12-25(13-19(22)26)11-17-15-7-5-4-6-14(15)10-16(23(17)27)24(28)31-3/h4-10,19,26-27H,11-13H2,1-3H3/t19-/m0/s1. The fraction of sp³-hybridized carbons (Fsp3) is 0.292. The summed E-state index contributed by atoms with van der Waals surface area (Å²) in [7, 11) is 4.45. The Hall–Kier alpha value is -3.29. The van der Waals surface area contributed by atoms with Gasteiger partial charge in [0.05, 0.1) is 27.4 Å². The largest absolute Gasteiger partial charge is 0.507 e. The predicted octanol–water partition coefficient (Wildman–Crippen LogP) is 3.40. The molecule has 7 nitrogen and oxygen atoms in total. The van der Waals surface area contributed by atoms with Crippen molar-refractivity contribution in [2.45, 2.75) is 19.2 Å². The number of ether oxygens (including phenoxy) is 3. The van der Waals surface area contributed by atoms with Gasteiger partial charge in [0.15, 0.2) is 0 Å². The number of carbonyl (C=O) groups is 1. The zero-order chi connectivity index (χ0) is 22.1. The van der Waals surface area contributed by atoms with Crippen LogP contribution in [0, 0.1) is 0 Å². The van der Waals surface area contributed by atoms with E-state index in [9.17, 15) is 15.0 Å². The van der Waals surface area contributed by atoms with Gasteiger partial charge in [-0.25, -0.2) is 4.79 Å². The lowest BCUT2D eigenvalue weighted by Crippen LogP contribution is -2.34. The fourth-order valence-corrected chi connectivity index (χ4v) is 4.33. The molecule has 0 bridgehead atoms. The van der Waals surface area contributed by atoms with Crippen molar-refractivity contribution in [1.82, 2.24) is 4.90 Å². The second-order valence-electron chi connectivity index (χ2n) is 7.51. The first-order valence-corrected chi connectivity index (χ1v) is 9.94. The van der Waals surface area contributed by atoms with Crippen molar-refractivity contribution in [3.8, 4) is 17.2 Å². The maximum absolute atomic E-state index is 12.2. The topological polar surface area (TPSA) is 88.5 Å². The van der Waals surface area contributed by atoms with Crippen LogP contribution in [0.15, 0.2) is 42.5 Å². The lowest BCUT2D eigenvalue weighted by atomic mass is 9.93. The number of hydrogen-bond donors (Lipinski definition) is 2. The van der Waals surface area contributed by atoms with Crippen molar-refractivity contribution in [3.05, 3.63) is 64.7 Å². The lowest BCUT2D eigenvalue weighted by Gasteiger charge is -2.34. The Morgan fingerprint density at radius 2 is 1.81 bits per heavy atom. The molecule has 0 amide bonds. The highest BCUT2D eigenvalue weighted by Crippen LogP contribution is 2.41. The van der Waals surface area contributed by atoms with Gasteiger partial charge < -0.3 is 24.4 Å². The molecule has 0 radical (unpaired) electrons. The number of β-amino-alcohol motifs (C(OH)–C–C–N with tert-alkyl or cyclic N) is 1. The molecule has 0 aromatic heterocycles. The Balaban J connectivity index is 1.77. The summed E-state index contributed by atoms with van der Waals surface area (Å²) >= 11 is 0. The van der Waals surface area contributed by atoms with Crippen LogP contribution in [-0.2, 0) is 17.8 Å². The average molecular weight is 423 g/mol. The second-order valence-corrected chi connectivity index (χ2v) is 7.51. The third kappa shape index (κ3) is 3.66. The molecule has 7 heteroatoms. The molecule has 1 aliphatic rings. The number of benzene rings is 3. The molecular formula is C24H25NO6. The second kappa shape index (κ2) is 8.45. The number of fused-ring (bicyclic) bond motifs is 2. The molecule has 0 fully saturated rings. The summed E-state index contributed by atoms with van der Waals surface area (Å²) in [6.07, 6.45) is -0.786. The van der Waals surface area contributed by atoms with Crippen LogP contribution in [0.25, 0.3) is 10.8 Å². The number of carbonyl (C=O) groups excluding carboxylic acids is 1. The molecule has 3 aromatic carbocycles. The molecule has 0 spiro atoms. The Kier molecular flexibility index (Phi) is 5.71. The van der Waals surface area contributed by atoms with E-state index >= 15 is 0 Å². The van der Waals surface area contributed by atoms with Gasteiger partial charge in [0.2, 0.25) is 0 Å². The summed E-state index contributed by atoms with van der Waals surface area (Å²) in [5.74, 6) is 0.573. The van der Waals surface area contributed by atoms with E-state index in [0.29, 0.717) is 36.7 Å². The van der Waals surface area contributed by atoms with Gasteiger partial charge in [-0.15, -0.1) is 0 Å². The van der Waals surface area contributed by atoms with E-state index in [1.165, 1.54) is 7.11 Å². The molecule has 2 N–H and O–H groups in total. The number of aromatic hydroxyl groups is 1. The summed E-state index contributed by atoms with van der Waals surface area (Å²) < 4.78 is 15.8. The van der Waals surface area contributed by atoms with E-state index in [1.54, 1.807) is 26.4 Å². The zero-order valence-corrected chi connectivity index (χ0v) is 17.7. The summed E-state index contributed by atoms with van der Waals surface area (Å²) in [5, 5.41) is 23.5. The zero-order valence-electron chi connectivity index (χ0n) is 17.7. The Bertz CT molecular complexity index is 1140. The van der Waals surface area contributed by atoms with E-state index in [-0.39, 0.29) is 11.3 Å². The number of aliphatic hydroxyl groups excluding tert-OH is 1. The van der Waals surface area contributed by atoms with Crippen LogP contribution >= 0.6 is 0 Å². The van der Waals surface area contributed by atoms with Crippen LogP contribution in [0.2, 0.25) is 0 Å². The van der Waals surface area contributed by atoms with Crippen LogP contribution in [0.3, 0.4) is 0 Å². The van der Waals surface area contributed by atoms with Crippen molar-refractivity contribution in [1.29, 1.82) is 0 Å². The Morgan fingerprint density at radius 1 is 1.10 bits per heavy atom. The number of aliphatic hydroxyl groups is 1. The number of esters is 1. The minimum Gasteiger partial charge on any atom is -0.507 e. The van der Waals surface area contributed by atoms with E-state index in [1.807, 2.05) is 35.2 Å². The van der Waals surface area contributed by atoms with Gasteiger partial charge in [0.1, 0.15) is 22.8 Å². The number of methoxy groups -OCH3 is 3. The number of phenolic OH excluding ortho intramolecular Hbond substituents is 1. The molecule has 0 aliphatic carbocycles. The molecule has 3 aromatic rings. The predicted molar refractivity (Wildman–Crippen MR) is 116 cm³/mol. The molecule has 1 heterocycles. The van der Waals surface area contributed by atoms with Gasteiger partial charge in [-0.3, -0.25) is 4.90 Å². The fourth-order valence-electron chi connectivity index (χ4n) is 4.33. The summed E-state index contributed by atoms with van der Waals surface area (Å²) in [6.45, 7) is 1.16. The van der Waals surface area contributed by atoms with Crippen molar-refractivity contribution < 1.29 is 29.2 Å². The third-order valence-electron chi connectivity index (χ3n) is 5.77. The van der Waals surface area contributed by atoms with Gasteiger partial charge in [0.25, 0.3) is 0 Å². The third-order valence-corrected chi connectivity index (χ3v) is 5.77. The number of nitrogens with zero attached hydrogens (tertiary/aromatic N) is 1. The van der Waals surface area contributed by atoms with Crippen molar-refractivity contribution >= 4 is 16.7 Å². The quantitative estimate of drug-likeness (QED) is 0.608. The summed E-state index contributed by atoms with van der Waals surface area (Å²) in [6, 6.07) is 12.8. The van der Waals surface area contributed by atoms with Gasteiger partial charge in [0, 0.05) is 36.3 Å². The monoisotopic (exact) mass is 423 g/mol. The molecule has 162 valence electrons. The van der Waals surface area contributed by atoms with Crippen LogP contribution in [0.1, 0.15) is 33.2 Å². The smallest absolute Gasteiger partial charge is 0.341 e. The van der Waals surface area contributed by atoms with Crippen molar-refractivity contribution in [2.75, 3.05) is 27.9 Å². The van der Waals surface area contributed by atoms with Gasteiger partial charge in [-0.05, 0) is 29.0 Å². The highest BCUT2D eigenvalue weighted by atomic mass is 16.5. The SMILES string of the molecule is COC(=O)c1cc2ccccc2c(CN2Cc3c(OC)ccc(OC)c3[C@@H](O)C2)c1O. The summed E-state index contributed by atoms with van der Waals surface area (Å²) in [4.78, 5) is 14.2. The summed E-state index contributed by atoms with van der Waals surface area (Å²) in [5.41, 5.74) is 2.29. The maximum Gasteiger partial charge on any atom is 0.341 e. The van der Waals surface area contributed by atoms with Gasteiger partial charge in [-0.2, -0.15) is 0 Å². The van der Waals surface area contributed by atoms with Crippen LogP contribution in [-0.4, -0.2) is 49.0 Å². The normalized spacial score (nSPS) is 16.1. The van der Waals surface area contributed by atoms with E-state index in [4.69, 9.17) is 14.2 Å². The highest BCUT2D eigenvalue weighted by molar-refractivity contribution is 6.00. The first-order chi connectivity index (χ1) is 15.0. The molecule has 0 saturated carbocycles. The highest BCUT2D eigenvalue weighted by Gasteiger charge is 2.31.